The van der Waals surface area contributed by atoms with Crippen molar-refractivity contribution in [2.75, 3.05) is 51.5 Å². The number of carbonyl (C=O) groups excluding carboxylic acids is 1. The van der Waals surface area contributed by atoms with Gasteiger partial charge >= 0.3 is 0 Å². The van der Waals surface area contributed by atoms with Crippen molar-refractivity contribution in [3.63, 3.8) is 0 Å². The van der Waals surface area contributed by atoms with Crippen LogP contribution in [0, 0.1) is 5.92 Å². The Morgan fingerprint density at radius 2 is 1.95 bits per heavy atom. The molecule has 1 aromatic rings. The lowest BCUT2D eigenvalue weighted by Gasteiger charge is -2.30. The molecule has 1 aromatic carbocycles. The van der Waals surface area contributed by atoms with Crippen molar-refractivity contribution in [2.45, 2.75) is 12.8 Å². The first-order valence-corrected chi connectivity index (χ1v) is 7.39. The number of nitrogens with two attached hydrogens (primary N) is 1. The molecule has 0 atom stereocenters. The second kappa shape index (κ2) is 6.80. The maximum absolute atomic E-state index is 12.3. The molecule has 0 aliphatic carbocycles. The molecule has 1 fully saturated rings. The second-order valence-electron chi connectivity index (χ2n) is 5.91. The van der Waals surface area contributed by atoms with Crippen molar-refractivity contribution in [1.29, 1.82) is 0 Å². The van der Waals surface area contributed by atoms with E-state index in [2.05, 4.69) is 4.90 Å². The topological polar surface area (TPSA) is 58.8 Å². The Morgan fingerprint density at radius 3 is 2.57 bits per heavy atom. The average molecular weight is 291 g/mol. The first-order chi connectivity index (χ1) is 9.99. The van der Waals surface area contributed by atoms with Crippen LogP contribution in [-0.4, -0.2) is 51.7 Å². The lowest BCUT2D eigenvalue weighted by Crippen LogP contribution is -2.32. The van der Waals surface area contributed by atoms with Crippen LogP contribution in [0.25, 0.3) is 0 Å². The molecule has 1 heterocycles. The van der Waals surface area contributed by atoms with E-state index >= 15 is 0 Å². The summed E-state index contributed by atoms with van der Waals surface area (Å²) in [7, 11) is 5.55. The Hall–Kier alpha value is -1.75. The number of ether oxygens (including phenoxy) is 1. The molecule has 1 saturated heterocycles. The van der Waals surface area contributed by atoms with Crippen LogP contribution in [0.2, 0.25) is 0 Å². The number of anilines is 2. The fraction of sp³-hybridized carbons (Fsp3) is 0.562. The molecule has 0 aromatic heterocycles. The van der Waals surface area contributed by atoms with E-state index in [0.29, 0.717) is 17.2 Å². The van der Waals surface area contributed by atoms with E-state index in [-0.39, 0.29) is 5.91 Å². The van der Waals surface area contributed by atoms with E-state index in [4.69, 9.17) is 10.5 Å². The first kappa shape index (κ1) is 15.6. The van der Waals surface area contributed by atoms with Crippen LogP contribution < -0.4 is 10.6 Å². The molecule has 5 nitrogen and oxygen atoms in total. The zero-order valence-electron chi connectivity index (χ0n) is 13.1. The molecular formula is C16H25N3O2. The third-order valence-corrected chi connectivity index (χ3v) is 3.94. The molecule has 0 spiro atoms. The van der Waals surface area contributed by atoms with Gasteiger partial charge in [0.15, 0.2) is 0 Å². The maximum atomic E-state index is 12.3. The monoisotopic (exact) mass is 291 g/mol. The number of nitrogens with zero attached hydrogens (tertiary/aromatic N) is 2. The second-order valence-corrected chi connectivity index (χ2v) is 5.91. The fourth-order valence-corrected chi connectivity index (χ4v) is 2.70. The highest BCUT2D eigenvalue weighted by molar-refractivity contribution is 6.00. The molecule has 1 aliphatic heterocycles. The highest BCUT2D eigenvalue weighted by Gasteiger charge is 2.20. The Labute approximate surface area is 126 Å². The Kier molecular flexibility index (Phi) is 5.07. The van der Waals surface area contributed by atoms with Crippen molar-refractivity contribution < 1.29 is 9.53 Å². The molecule has 5 heteroatoms. The van der Waals surface area contributed by atoms with Crippen molar-refractivity contribution in [2.24, 2.45) is 5.92 Å². The minimum Gasteiger partial charge on any atom is -0.399 e. The first-order valence-electron chi connectivity index (χ1n) is 7.39. The maximum Gasteiger partial charge on any atom is 0.255 e. The van der Waals surface area contributed by atoms with Crippen molar-refractivity contribution in [1.82, 2.24) is 4.90 Å². The van der Waals surface area contributed by atoms with Crippen LogP contribution in [-0.2, 0) is 4.74 Å². The van der Waals surface area contributed by atoms with Crippen LogP contribution in [0.5, 0.6) is 0 Å². The van der Waals surface area contributed by atoms with Gasteiger partial charge in [-0.05, 0) is 37.0 Å². The summed E-state index contributed by atoms with van der Waals surface area (Å²) in [5, 5.41) is 0. The molecule has 1 amide bonds. The number of hydrogen-bond acceptors (Lipinski definition) is 4. The minimum absolute atomic E-state index is 0.00354. The Morgan fingerprint density at radius 1 is 1.29 bits per heavy atom. The standard InChI is InChI=1S/C16H25N3O2/c1-18(2)16(20)14-5-4-13(17)10-15(14)19(3)11-12-6-8-21-9-7-12/h4-5,10,12H,6-9,11,17H2,1-3H3. The molecule has 116 valence electrons. The number of benzene rings is 1. The van der Waals surface area contributed by atoms with Gasteiger partial charge in [-0.3, -0.25) is 4.79 Å². The number of nitrogen functional groups attached to an aromatic ring is 1. The number of amides is 1. The van der Waals surface area contributed by atoms with Gasteiger partial charge in [0, 0.05) is 46.6 Å². The van der Waals surface area contributed by atoms with E-state index in [1.807, 2.05) is 19.2 Å². The molecule has 2 rings (SSSR count). The summed E-state index contributed by atoms with van der Waals surface area (Å²) in [5.74, 6) is 0.608. The lowest BCUT2D eigenvalue weighted by molar-refractivity contribution is 0.0684. The SMILES string of the molecule is CN(C)C(=O)c1ccc(N)cc1N(C)CC1CCOCC1. The highest BCUT2D eigenvalue weighted by atomic mass is 16.5. The number of rotatable bonds is 4. The predicted octanol–water partition coefficient (Wildman–Crippen LogP) is 1.83. The van der Waals surface area contributed by atoms with Gasteiger partial charge in [0.25, 0.3) is 5.91 Å². The summed E-state index contributed by atoms with van der Waals surface area (Å²) < 4.78 is 5.40. The fourth-order valence-electron chi connectivity index (χ4n) is 2.70. The zero-order valence-corrected chi connectivity index (χ0v) is 13.1. The molecular weight excluding hydrogens is 266 g/mol. The summed E-state index contributed by atoms with van der Waals surface area (Å²) in [6.45, 7) is 2.58. The summed E-state index contributed by atoms with van der Waals surface area (Å²) in [6.07, 6.45) is 2.15. The summed E-state index contributed by atoms with van der Waals surface area (Å²) in [6, 6.07) is 5.48. The highest BCUT2D eigenvalue weighted by Crippen LogP contribution is 2.26. The smallest absolute Gasteiger partial charge is 0.255 e. The summed E-state index contributed by atoms with van der Waals surface area (Å²) >= 11 is 0. The number of carbonyl (C=O) groups is 1. The molecule has 1 aliphatic rings. The van der Waals surface area contributed by atoms with Gasteiger partial charge in [-0.2, -0.15) is 0 Å². The van der Waals surface area contributed by atoms with Gasteiger partial charge in [0.2, 0.25) is 0 Å². The van der Waals surface area contributed by atoms with E-state index in [9.17, 15) is 4.79 Å². The summed E-state index contributed by atoms with van der Waals surface area (Å²) in [5.41, 5.74) is 8.18. The molecule has 0 radical (unpaired) electrons. The number of hydrogen-bond donors (Lipinski definition) is 1. The minimum atomic E-state index is 0.00354. The predicted molar refractivity (Wildman–Crippen MR) is 85.7 cm³/mol. The van der Waals surface area contributed by atoms with Crippen LogP contribution in [0.1, 0.15) is 23.2 Å². The molecule has 0 saturated carbocycles. The van der Waals surface area contributed by atoms with E-state index in [1.54, 1.807) is 25.1 Å². The third-order valence-electron chi connectivity index (χ3n) is 3.94. The lowest BCUT2D eigenvalue weighted by atomic mass is 9.99. The van der Waals surface area contributed by atoms with E-state index in [0.717, 1.165) is 38.3 Å². The van der Waals surface area contributed by atoms with Crippen molar-refractivity contribution in [3.05, 3.63) is 23.8 Å². The van der Waals surface area contributed by atoms with Crippen molar-refractivity contribution in [3.8, 4) is 0 Å². The Balaban J connectivity index is 2.19. The van der Waals surface area contributed by atoms with Crippen LogP contribution in [0.4, 0.5) is 11.4 Å². The Bertz CT molecular complexity index is 496. The quantitative estimate of drug-likeness (QED) is 0.860. The molecule has 2 N–H and O–H groups in total. The van der Waals surface area contributed by atoms with Gasteiger partial charge < -0.3 is 20.3 Å². The molecule has 0 bridgehead atoms. The van der Waals surface area contributed by atoms with Crippen molar-refractivity contribution >= 4 is 17.3 Å². The van der Waals surface area contributed by atoms with Gasteiger partial charge in [-0.1, -0.05) is 0 Å². The van der Waals surface area contributed by atoms with Gasteiger partial charge in [0.1, 0.15) is 0 Å². The zero-order chi connectivity index (χ0) is 15.4. The van der Waals surface area contributed by atoms with Crippen LogP contribution in [0.15, 0.2) is 18.2 Å². The average Bonchev–Trinajstić information content (AvgIpc) is 2.47. The van der Waals surface area contributed by atoms with Gasteiger partial charge in [0.05, 0.1) is 11.3 Å². The van der Waals surface area contributed by atoms with Crippen LogP contribution in [0.3, 0.4) is 0 Å². The van der Waals surface area contributed by atoms with E-state index < -0.39 is 0 Å². The van der Waals surface area contributed by atoms with Gasteiger partial charge in [-0.15, -0.1) is 0 Å². The third kappa shape index (κ3) is 3.88. The normalized spacial score (nSPS) is 15.8. The van der Waals surface area contributed by atoms with Crippen LogP contribution >= 0.6 is 0 Å². The van der Waals surface area contributed by atoms with E-state index in [1.165, 1.54) is 0 Å². The molecule has 21 heavy (non-hydrogen) atoms. The summed E-state index contributed by atoms with van der Waals surface area (Å²) in [4.78, 5) is 16.0. The van der Waals surface area contributed by atoms with Gasteiger partial charge in [-0.25, -0.2) is 0 Å². The molecule has 0 unspecified atom stereocenters. The largest absolute Gasteiger partial charge is 0.399 e.